The number of hydrogen-bond acceptors (Lipinski definition) is 6. The third kappa shape index (κ3) is 3.42. The first-order valence-corrected chi connectivity index (χ1v) is 9.27. The van der Waals surface area contributed by atoms with E-state index in [4.69, 9.17) is 9.47 Å². The molecule has 1 aliphatic carbocycles. The molecule has 136 valence electrons. The molecule has 3 fully saturated rings. The van der Waals surface area contributed by atoms with Gasteiger partial charge in [0, 0.05) is 31.9 Å². The second kappa shape index (κ2) is 7.15. The molecule has 3 heterocycles. The van der Waals surface area contributed by atoms with Crippen LogP contribution in [0.25, 0.3) is 0 Å². The number of anilines is 1. The normalized spacial score (nSPS) is 27.5. The minimum Gasteiger partial charge on any atom is -0.481 e. The zero-order valence-corrected chi connectivity index (χ0v) is 14.8. The number of morpholine rings is 1. The number of ether oxygens (including phenoxy) is 2. The van der Waals surface area contributed by atoms with Gasteiger partial charge in [-0.3, -0.25) is 4.79 Å². The van der Waals surface area contributed by atoms with E-state index in [1.807, 2.05) is 0 Å². The van der Waals surface area contributed by atoms with Crippen molar-refractivity contribution in [2.24, 2.45) is 5.92 Å². The molecule has 7 heteroatoms. The van der Waals surface area contributed by atoms with E-state index in [0.717, 1.165) is 13.1 Å². The van der Waals surface area contributed by atoms with Crippen LogP contribution in [0, 0.1) is 5.92 Å². The predicted molar refractivity (Wildman–Crippen MR) is 92.6 cm³/mol. The van der Waals surface area contributed by atoms with Crippen molar-refractivity contribution in [3.05, 3.63) is 12.3 Å². The second-order valence-electron chi connectivity index (χ2n) is 7.27. The Morgan fingerprint density at radius 3 is 2.92 bits per heavy atom. The van der Waals surface area contributed by atoms with Crippen LogP contribution >= 0.6 is 0 Å². The molecule has 1 aromatic rings. The number of fused-ring (bicyclic) bond motifs is 1. The number of nitrogens with zero attached hydrogens (tertiary/aromatic N) is 4. The zero-order valence-electron chi connectivity index (χ0n) is 14.8. The van der Waals surface area contributed by atoms with Gasteiger partial charge in [0.25, 0.3) is 0 Å². The number of rotatable bonds is 4. The monoisotopic (exact) mass is 346 g/mol. The highest BCUT2D eigenvalue weighted by atomic mass is 16.5. The fraction of sp³-hybridized carbons (Fsp3) is 0.722. The Labute approximate surface area is 148 Å². The van der Waals surface area contributed by atoms with E-state index in [9.17, 15) is 4.79 Å². The van der Waals surface area contributed by atoms with Crippen molar-refractivity contribution in [3.8, 4) is 5.88 Å². The van der Waals surface area contributed by atoms with Gasteiger partial charge in [0.15, 0.2) is 0 Å². The van der Waals surface area contributed by atoms with Crippen LogP contribution in [0.2, 0.25) is 0 Å². The summed E-state index contributed by atoms with van der Waals surface area (Å²) in [5.41, 5.74) is 0. The predicted octanol–water partition coefficient (Wildman–Crippen LogP) is 1.48. The van der Waals surface area contributed by atoms with Crippen molar-refractivity contribution >= 4 is 11.9 Å². The zero-order chi connectivity index (χ0) is 17.2. The summed E-state index contributed by atoms with van der Waals surface area (Å²) in [5, 5.41) is 0. The Kier molecular flexibility index (Phi) is 4.74. The summed E-state index contributed by atoms with van der Waals surface area (Å²) in [5.74, 6) is 1.96. The van der Waals surface area contributed by atoms with Crippen LogP contribution in [0.5, 0.6) is 5.88 Å². The van der Waals surface area contributed by atoms with Gasteiger partial charge >= 0.3 is 0 Å². The maximum atomic E-state index is 12.5. The molecule has 4 rings (SSSR count). The largest absolute Gasteiger partial charge is 0.481 e. The van der Waals surface area contributed by atoms with Crippen LogP contribution in [0.1, 0.15) is 32.1 Å². The van der Waals surface area contributed by atoms with Crippen molar-refractivity contribution in [1.29, 1.82) is 0 Å². The lowest BCUT2D eigenvalue weighted by Crippen LogP contribution is -2.55. The molecular weight excluding hydrogens is 320 g/mol. The molecule has 2 saturated heterocycles. The van der Waals surface area contributed by atoms with E-state index in [-0.39, 0.29) is 24.7 Å². The van der Waals surface area contributed by atoms with Crippen LogP contribution < -0.4 is 9.64 Å². The molecule has 0 spiro atoms. The summed E-state index contributed by atoms with van der Waals surface area (Å²) in [6.45, 7) is 2.50. The fourth-order valence-electron chi connectivity index (χ4n) is 4.31. The third-order valence-electron chi connectivity index (χ3n) is 5.67. The molecule has 0 bridgehead atoms. The summed E-state index contributed by atoms with van der Waals surface area (Å²) in [6, 6.07) is 1.83. The summed E-state index contributed by atoms with van der Waals surface area (Å²) in [6.07, 6.45) is 8.14. The molecule has 1 aromatic heterocycles. The maximum absolute atomic E-state index is 12.5. The minimum absolute atomic E-state index is 0.0380. The number of amides is 1. The molecule has 2 atom stereocenters. The van der Waals surface area contributed by atoms with Crippen molar-refractivity contribution in [2.45, 2.75) is 44.2 Å². The van der Waals surface area contributed by atoms with Crippen LogP contribution in [0.15, 0.2) is 12.3 Å². The van der Waals surface area contributed by atoms with E-state index in [0.29, 0.717) is 24.3 Å². The lowest BCUT2D eigenvalue weighted by Gasteiger charge is -2.39. The summed E-state index contributed by atoms with van der Waals surface area (Å²) in [4.78, 5) is 25.4. The lowest BCUT2D eigenvalue weighted by atomic mass is 9.88. The maximum Gasteiger partial charge on any atom is 0.248 e. The Bertz CT molecular complexity index is 620. The molecule has 25 heavy (non-hydrogen) atoms. The molecule has 1 amide bonds. The van der Waals surface area contributed by atoms with Gasteiger partial charge in [0.05, 0.1) is 19.3 Å². The highest BCUT2D eigenvalue weighted by Gasteiger charge is 2.44. The first-order chi connectivity index (χ1) is 12.2. The average Bonchev–Trinajstić information content (AvgIpc) is 3.10. The number of aromatic nitrogens is 2. The van der Waals surface area contributed by atoms with E-state index in [2.05, 4.69) is 19.8 Å². The van der Waals surface area contributed by atoms with Gasteiger partial charge in [-0.15, -0.1) is 0 Å². The van der Waals surface area contributed by atoms with Gasteiger partial charge in [0.2, 0.25) is 17.7 Å². The molecule has 0 N–H and O–H groups in total. The van der Waals surface area contributed by atoms with Gasteiger partial charge < -0.3 is 19.3 Å². The van der Waals surface area contributed by atoms with Gasteiger partial charge in [0.1, 0.15) is 6.61 Å². The molecule has 2 aliphatic heterocycles. The summed E-state index contributed by atoms with van der Waals surface area (Å²) in [7, 11) is 1.60. The molecule has 0 unspecified atom stereocenters. The Morgan fingerprint density at radius 1 is 1.28 bits per heavy atom. The number of carbonyl (C=O) groups is 1. The van der Waals surface area contributed by atoms with Crippen molar-refractivity contribution in [3.63, 3.8) is 0 Å². The van der Waals surface area contributed by atoms with Crippen molar-refractivity contribution in [2.75, 3.05) is 38.3 Å². The summed E-state index contributed by atoms with van der Waals surface area (Å²) >= 11 is 0. The topological polar surface area (TPSA) is 67.8 Å². The standard InChI is InChI=1S/C18H26N4O3/c1-24-16-7-8-19-18(20-16)21-10-14-15(11-21)25-12-17(23)22(14)9-13-5-3-2-4-6-13/h7-8,13-15H,2-6,9-12H2,1H3/t14-,15+/m1/s1. The highest BCUT2D eigenvalue weighted by Crippen LogP contribution is 2.30. The fourth-order valence-corrected chi connectivity index (χ4v) is 4.31. The van der Waals surface area contributed by atoms with E-state index >= 15 is 0 Å². The van der Waals surface area contributed by atoms with E-state index in [1.165, 1.54) is 32.1 Å². The quantitative estimate of drug-likeness (QED) is 0.823. The number of hydrogen-bond donors (Lipinski definition) is 0. The second-order valence-corrected chi connectivity index (χ2v) is 7.27. The van der Waals surface area contributed by atoms with Gasteiger partial charge in [-0.05, 0) is 18.8 Å². The molecular formula is C18H26N4O3. The first-order valence-electron chi connectivity index (χ1n) is 9.27. The average molecular weight is 346 g/mol. The van der Waals surface area contributed by atoms with Gasteiger partial charge in [-0.1, -0.05) is 19.3 Å². The Balaban J connectivity index is 1.48. The Hall–Kier alpha value is -1.89. The molecule has 0 radical (unpaired) electrons. The van der Waals surface area contributed by atoms with Crippen molar-refractivity contribution < 1.29 is 14.3 Å². The molecule has 1 saturated carbocycles. The smallest absolute Gasteiger partial charge is 0.248 e. The number of methoxy groups -OCH3 is 1. The Morgan fingerprint density at radius 2 is 2.12 bits per heavy atom. The van der Waals surface area contributed by atoms with Crippen LogP contribution in [0.3, 0.4) is 0 Å². The van der Waals surface area contributed by atoms with Crippen LogP contribution in [-0.2, 0) is 9.53 Å². The summed E-state index contributed by atoms with van der Waals surface area (Å²) < 4.78 is 11.0. The lowest BCUT2D eigenvalue weighted by molar-refractivity contribution is -0.154. The molecule has 3 aliphatic rings. The van der Waals surface area contributed by atoms with Gasteiger partial charge in [-0.2, -0.15) is 4.98 Å². The first kappa shape index (κ1) is 16.6. The van der Waals surface area contributed by atoms with Crippen molar-refractivity contribution in [1.82, 2.24) is 14.9 Å². The third-order valence-corrected chi connectivity index (χ3v) is 5.67. The van der Waals surface area contributed by atoms with Crippen LogP contribution in [-0.4, -0.2) is 66.3 Å². The number of carbonyl (C=O) groups excluding carboxylic acids is 1. The minimum atomic E-state index is 0.0380. The van der Waals surface area contributed by atoms with E-state index in [1.54, 1.807) is 19.4 Å². The van der Waals surface area contributed by atoms with Gasteiger partial charge in [-0.25, -0.2) is 4.98 Å². The molecule has 0 aromatic carbocycles. The molecule has 7 nitrogen and oxygen atoms in total. The SMILES string of the molecule is COc1ccnc(N2C[C@@H]3OCC(=O)N(CC4CCCCC4)[C@@H]3C2)n1. The van der Waals surface area contributed by atoms with E-state index < -0.39 is 0 Å². The van der Waals surface area contributed by atoms with Crippen LogP contribution in [0.4, 0.5) is 5.95 Å². The highest BCUT2D eigenvalue weighted by molar-refractivity contribution is 5.79.